The zero-order chi connectivity index (χ0) is 26.1. The van der Waals surface area contributed by atoms with Gasteiger partial charge >= 0.3 is 0 Å². The highest BCUT2D eigenvalue weighted by Gasteiger charge is 2.28. The predicted molar refractivity (Wildman–Crippen MR) is 139 cm³/mol. The number of sulfonamides is 1. The van der Waals surface area contributed by atoms with Gasteiger partial charge in [-0.1, -0.05) is 61.7 Å². The maximum absolute atomic E-state index is 14.3. The van der Waals surface area contributed by atoms with E-state index in [1.165, 1.54) is 24.6 Å². The van der Waals surface area contributed by atoms with Crippen molar-refractivity contribution in [3.8, 4) is 0 Å². The van der Waals surface area contributed by atoms with E-state index in [4.69, 9.17) is 0 Å². The first-order valence-corrected chi connectivity index (χ1v) is 14.4. The number of nitrogens with zero attached hydrogens (tertiary/aromatic N) is 2. The van der Waals surface area contributed by atoms with Crippen LogP contribution in [0.5, 0.6) is 0 Å². The first kappa shape index (κ1) is 27.6. The molecular weight excluding hydrogens is 481 g/mol. The molecule has 2 amide bonds. The number of hydrogen-bond acceptors (Lipinski definition) is 4. The van der Waals surface area contributed by atoms with Gasteiger partial charge in [0.05, 0.1) is 11.9 Å². The van der Waals surface area contributed by atoms with Crippen molar-refractivity contribution in [2.75, 3.05) is 17.1 Å². The average Bonchev–Trinajstić information content (AvgIpc) is 2.86. The van der Waals surface area contributed by atoms with E-state index >= 15 is 0 Å². The standard InChI is InChI=1S/C27H36FN3O4S/c1-21(27(33)29-23-14-7-4-8-15-23)30(20-22-12-5-3-6-13-22)26(32)18-11-19-31(36(2,34)35)25-17-10-9-16-24(25)28/h3,5-6,9-10,12-13,16-17,21,23H,4,7-8,11,14-15,18-20H2,1-2H3,(H,29,33)/t21-/m0/s1. The molecular formula is C27H36FN3O4S. The fraction of sp³-hybridized carbons (Fsp3) is 0.481. The molecule has 1 aliphatic carbocycles. The quantitative estimate of drug-likeness (QED) is 0.483. The third-order valence-electron chi connectivity index (χ3n) is 6.59. The molecule has 0 radical (unpaired) electrons. The number of benzene rings is 2. The van der Waals surface area contributed by atoms with E-state index < -0.39 is 21.9 Å². The van der Waals surface area contributed by atoms with Crippen LogP contribution in [0.2, 0.25) is 0 Å². The second kappa shape index (κ2) is 12.9. The Kier molecular flexibility index (Phi) is 9.87. The Bertz CT molecular complexity index is 1120. The van der Waals surface area contributed by atoms with Crippen LogP contribution in [0.25, 0.3) is 0 Å². The molecule has 0 unspecified atom stereocenters. The molecule has 0 saturated heterocycles. The van der Waals surface area contributed by atoms with Crippen LogP contribution in [0.1, 0.15) is 57.4 Å². The number of amides is 2. The van der Waals surface area contributed by atoms with E-state index in [1.807, 2.05) is 30.3 Å². The lowest BCUT2D eigenvalue weighted by molar-refractivity contribution is -0.141. The molecule has 0 spiro atoms. The molecule has 2 aromatic carbocycles. The van der Waals surface area contributed by atoms with Crippen molar-refractivity contribution >= 4 is 27.5 Å². The Labute approximate surface area is 213 Å². The maximum atomic E-state index is 14.3. The Morgan fingerprint density at radius 2 is 1.67 bits per heavy atom. The van der Waals surface area contributed by atoms with Crippen LogP contribution in [0.3, 0.4) is 0 Å². The van der Waals surface area contributed by atoms with Gasteiger partial charge in [-0.3, -0.25) is 13.9 Å². The van der Waals surface area contributed by atoms with Gasteiger partial charge in [0, 0.05) is 25.6 Å². The number of para-hydroxylation sites is 1. The van der Waals surface area contributed by atoms with E-state index in [9.17, 15) is 22.4 Å². The summed E-state index contributed by atoms with van der Waals surface area (Å²) in [4.78, 5) is 27.9. The normalized spacial score (nSPS) is 15.2. The van der Waals surface area contributed by atoms with Crippen LogP contribution in [-0.4, -0.2) is 50.0 Å². The second-order valence-electron chi connectivity index (χ2n) is 9.42. The van der Waals surface area contributed by atoms with Crippen molar-refractivity contribution in [3.63, 3.8) is 0 Å². The molecule has 1 N–H and O–H groups in total. The third kappa shape index (κ3) is 7.78. The number of rotatable bonds is 11. The summed E-state index contributed by atoms with van der Waals surface area (Å²) >= 11 is 0. The van der Waals surface area contributed by atoms with Crippen LogP contribution in [0.4, 0.5) is 10.1 Å². The van der Waals surface area contributed by atoms with Gasteiger partial charge in [-0.05, 0) is 43.9 Å². The molecule has 0 aliphatic heterocycles. The third-order valence-corrected chi connectivity index (χ3v) is 7.77. The molecule has 36 heavy (non-hydrogen) atoms. The maximum Gasteiger partial charge on any atom is 0.242 e. The van der Waals surface area contributed by atoms with E-state index in [2.05, 4.69) is 5.32 Å². The summed E-state index contributed by atoms with van der Waals surface area (Å²) in [5.74, 6) is -1.09. The smallest absolute Gasteiger partial charge is 0.242 e. The van der Waals surface area contributed by atoms with E-state index in [0.717, 1.165) is 41.8 Å². The fourth-order valence-corrected chi connectivity index (χ4v) is 5.53. The van der Waals surface area contributed by atoms with E-state index in [-0.39, 0.29) is 49.5 Å². The van der Waals surface area contributed by atoms with Gasteiger partial charge < -0.3 is 10.2 Å². The van der Waals surface area contributed by atoms with Gasteiger partial charge in [-0.15, -0.1) is 0 Å². The lowest BCUT2D eigenvalue weighted by Crippen LogP contribution is -2.50. The summed E-state index contributed by atoms with van der Waals surface area (Å²) in [6.07, 6.45) is 6.47. The summed E-state index contributed by atoms with van der Waals surface area (Å²) in [5.41, 5.74) is 0.848. The fourth-order valence-electron chi connectivity index (χ4n) is 4.57. The van der Waals surface area contributed by atoms with Crippen LogP contribution < -0.4 is 9.62 Å². The highest BCUT2D eigenvalue weighted by atomic mass is 32.2. The van der Waals surface area contributed by atoms with Gasteiger partial charge in [-0.2, -0.15) is 0 Å². The second-order valence-corrected chi connectivity index (χ2v) is 11.3. The average molecular weight is 518 g/mol. The van der Waals surface area contributed by atoms with Crippen LogP contribution >= 0.6 is 0 Å². The van der Waals surface area contributed by atoms with Gasteiger partial charge in [-0.25, -0.2) is 12.8 Å². The minimum atomic E-state index is -3.75. The first-order chi connectivity index (χ1) is 17.2. The highest BCUT2D eigenvalue weighted by Crippen LogP contribution is 2.23. The van der Waals surface area contributed by atoms with Gasteiger partial charge in [0.15, 0.2) is 0 Å². The first-order valence-electron chi connectivity index (χ1n) is 12.5. The number of halogens is 1. The molecule has 2 aromatic rings. The van der Waals surface area contributed by atoms with E-state index in [1.54, 1.807) is 17.9 Å². The molecule has 1 saturated carbocycles. The summed E-state index contributed by atoms with van der Waals surface area (Å²) in [6, 6.07) is 14.5. The van der Waals surface area contributed by atoms with Crippen molar-refractivity contribution < 1.29 is 22.4 Å². The number of carbonyl (C=O) groups is 2. The number of anilines is 1. The topological polar surface area (TPSA) is 86.8 Å². The lowest BCUT2D eigenvalue weighted by atomic mass is 9.95. The summed E-state index contributed by atoms with van der Waals surface area (Å²) in [7, 11) is -3.75. The predicted octanol–water partition coefficient (Wildman–Crippen LogP) is 4.24. The molecule has 1 aliphatic rings. The highest BCUT2D eigenvalue weighted by molar-refractivity contribution is 7.92. The minimum Gasteiger partial charge on any atom is -0.352 e. The Morgan fingerprint density at radius 1 is 1.03 bits per heavy atom. The van der Waals surface area contributed by atoms with Crippen LogP contribution in [0.15, 0.2) is 54.6 Å². The zero-order valence-corrected chi connectivity index (χ0v) is 21.8. The molecule has 3 rings (SSSR count). The van der Waals surface area contributed by atoms with Crippen molar-refractivity contribution in [2.45, 2.75) is 70.5 Å². The molecule has 7 nitrogen and oxygen atoms in total. The van der Waals surface area contributed by atoms with Gasteiger partial charge in [0.2, 0.25) is 21.8 Å². The zero-order valence-electron chi connectivity index (χ0n) is 21.0. The van der Waals surface area contributed by atoms with Crippen molar-refractivity contribution in [2.24, 2.45) is 0 Å². The molecule has 1 atom stereocenters. The number of carbonyl (C=O) groups excluding carboxylic acids is 2. The Hall–Kier alpha value is -2.94. The number of hydrogen-bond donors (Lipinski definition) is 1. The van der Waals surface area contributed by atoms with Gasteiger partial charge in [0.25, 0.3) is 0 Å². The van der Waals surface area contributed by atoms with Crippen molar-refractivity contribution in [3.05, 3.63) is 66.0 Å². The Balaban J connectivity index is 1.70. The largest absolute Gasteiger partial charge is 0.352 e. The molecule has 0 bridgehead atoms. The summed E-state index contributed by atoms with van der Waals surface area (Å²) in [5, 5.41) is 3.10. The molecule has 1 fully saturated rings. The van der Waals surface area contributed by atoms with Crippen LogP contribution in [-0.2, 0) is 26.2 Å². The summed E-state index contributed by atoms with van der Waals surface area (Å²) in [6.45, 7) is 1.94. The lowest BCUT2D eigenvalue weighted by Gasteiger charge is -2.31. The van der Waals surface area contributed by atoms with E-state index in [0.29, 0.717) is 0 Å². The number of nitrogens with one attached hydrogen (secondary N) is 1. The SMILES string of the molecule is C[C@@H](C(=O)NC1CCCCC1)N(Cc1ccccc1)C(=O)CCCN(c1ccccc1F)S(C)(=O)=O. The monoisotopic (exact) mass is 517 g/mol. The molecule has 0 aromatic heterocycles. The van der Waals surface area contributed by atoms with Crippen molar-refractivity contribution in [1.82, 2.24) is 10.2 Å². The van der Waals surface area contributed by atoms with Crippen molar-refractivity contribution in [1.29, 1.82) is 0 Å². The molecule has 9 heteroatoms. The Morgan fingerprint density at radius 3 is 2.31 bits per heavy atom. The summed E-state index contributed by atoms with van der Waals surface area (Å²) < 4.78 is 39.9. The molecule has 196 valence electrons. The van der Waals surface area contributed by atoms with Gasteiger partial charge in [0.1, 0.15) is 11.9 Å². The minimum absolute atomic E-state index is 0.0222. The van der Waals surface area contributed by atoms with Crippen LogP contribution in [0, 0.1) is 5.82 Å². The molecule has 0 heterocycles.